The molecule has 0 unspecified atom stereocenters. The first-order valence-corrected chi connectivity index (χ1v) is 8.93. The van der Waals surface area contributed by atoms with E-state index >= 15 is 0 Å². The summed E-state index contributed by atoms with van der Waals surface area (Å²) in [5.41, 5.74) is 2.92. The molecule has 8 nitrogen and oxygen atoms in total. The summed E-state index contributed by atoms with van der Waals surface area (Å²) in [6, 6.07) is 0. The van der Waals surface area contributed by atoms with Crippen molar-refractivity contribution in [1.82, 2.24) is 4.98 Å². The Morgan fingerprint density at radius 3 is 1.95 bits per heavy atom. The number of aromatic nitrogens is 1. The fraction of sp³-hybridized carbons (Fsp3) is 0.625. The quantitative estimate of drug-likeness (QED) is 0.738. The summed E-state index contributed by atoms with van der Waals surface area (Å²) in [7, 11) is -6.90. The highest BCUT2D eigenvalue weighted by molar-refractivity contribution is 7.89. The summed E-state index contributed by atoms with van der Waals surface area (Å²) in [5.74, 6) is -1.96. The van der Waals surface area contributed by atoms with Gasteiger partial charge in [-0.2, -0.15) is 16.8 Å². The number of hydrogen-bond donors (Lipinski definition) is 2. The van der Waals surface area contributed by atoms with Crippen LogP contribution < -0.4 is 0 Å². The van der Waals surface area contributed by atoms with Crippen LogP contribution in [0.2, 0.25) is 0 Å². The maximum atomic E-state index is 9.86. The molecule has 19 heavy (non-hydrogen) atoms. The molecule has 0 amide bonds. The van der Waals surface area contributed by atoms with E-state index in [0.717, 1.165) is 5.69 Å². The molecule has 1 aromatic heterocycles. The van der Waals surface area contributed by atoms with Crippen LogP contribution in [-0.2, 0) is 31.6 Å². The molecule has 0 spiro atoms. The second-order valence-electron chi connectivity index (χ2n) is 3.37. The zero-order chi connectivity index (χ0) is 15.1. The highest BCUT2D eigenvalue weighted by atomic mass is 32.2. The van der Waals surface area contributed by atoms with Crippen LogP contribution in [0.3, 0.4) is 0 Å². The molecule has 0 bridgehead atoms. The molecule has 0 atom stereocenters. The summed E-state index contributed by atoms with van der Waals surface area (Å²) in [5, 5.41) is 0. The molecule has 0 radical (unpaired) electrons. The molecule has 0 aromatic carbocycles. The van der Waals surface area contributed by atoms with E-state index < -0.39 is 31.7 Å². The normalized spacial score (nSPS) is 11.8. The zero-order valence-electron chi connectivity index (χ0n) is 10.3. The van der Waals surface area contributed by atoms with Crippen LogP contribution in [0, 0.1) is 6.92 Å². The van der Waals surface area contributed by atoms with Gasteiger partial charge >= 0.3 is 0 Å². The van der Waals surface area contributed by atoms with Gasteiger partial charge in [0.2, 0.25) is 0 Å². The third kappa shape index (κ3) is 11.0. The van der Waals surface area contributed by atoms with Gasteiger partial charge in [0.05, 0.1) is 34.2 Å². The summed E-state index contributed by atoms with van der Waals surface area (Å²) in [4.78, 5) is 5.29. The van der Waals surface area contributed by atoms with Gasteiger partial charge in [-0.15, -0.1) is 11.3 Å². The van der Waals surface area contributed by atoms with E-state index in [4.69, 9.17) is 13.8 Å². The fourth-order valence-corrected chi connectivity index (χ4v) is 3.24. The predicted molar refractivity (Wildman–Crippen MR) is 70.4 cm³/mol. The molecule has 1 aromatic rings. The minimum Gasteiger partial charge on any atom is -0.379 e. The molecular weight excluding hydrogens is 318 g/mol. The van der Waals surface area contributed by atoms with Gasteiger partial charge in [-0.3, -0.25) is 9.11 Å². The van der Waals surface area contributed by atoms with Crippen molar-refractivity contribution < 1.29 is 30.7 Å². The van der Waals surface area contributed by atoms with E-state index in [1.807, 2.05) is 12.4 Å². The monoisotopic (exact) mass is 333 g/mol. The van der Waals surface area contributed by atoms with Crippen molar-refractivity contribution in [2.24, 2.45) is 0 Å². The van der Waals surface area contributed by atoms with E-state index in [2.05, 4.69) is 4.98 Å². The van der Waals surface area contributed by atoms with Gasteiger partial charge in [0.15, 0.2) is 0 Å². The Morgan fingerprint density at radius 1 is 1.21 bits per heavy atom. The van der Waals surface area contributed by atoms with Crippen molar-refractivity contribution in [3.8, 4) is 0 Å². The molecule has 112 valence electrons. The van der Waals surface area contributed by atoms with Crippen molar-refractivity contribution in [3.05, 3.63) is 16.1 Å². The topological polar surface area (TPSA) is 131 Å². The Morgan fingerprint density at radius 2 is 1.68 bits per heavy atom. The molecule has 1 heterocycles. The van der Waals surface area contributed by atoms with Gasteiger partial charge in [0, 0.05) is 7.11 Å². The number of thiazole rings is 1. The Hall–Kier alpha value is -0.590. The lowest BCUT2D eigenvalue weighted by Crippen LogP contribution is -2.15. The van der Waals surface area contributed by atoms with E-state index in [9.17, 15) is 16.8 Å². The second-order valence-corrected chi connectivity index (χ2v) is 7.45. The number of nitrogens with zero attached hydrogens (tertiary/aromatic N) is 1. The number of rotatable bonds is 5. The van der Waals surface area contributed by atoms with Gasteiger partial charge in [0.25, 0.3) is 20.2 Å². The molecular formula is C8H15NO7S3. The van der Waals surface area contributed by atoms with Gasteiger partial charge in [-0.05, 0) is 6.92 Å². The van der Waals surface area contributed by atoms with E-state index in [1.165, 1.54) is 4.88 Å². The van der Waals surface area contributed by atoms with Crippen molar-refractivity contribution in [3.63, 3.8) is 0 Å². The first-order chi connectivity index (χ1) is 8.55. The lowest BCUT2D eigenvalue weighted by Gasteiger charge is -1.92. The van der Waals surface area contributed by atoms with Gasteiger partial charge in [0.1, 0.15) is 0 Å². The molecule has 0 aliphatic heterocycles. The van der Waals surface area contributed by atoms with Gasteiger partial charge < -0.3 is 4.74 Å². The fourth-order valence-electron chi connectivity index (χ4n) is 0.806. The van der Waals surface area contributed by atoms with Crippen molar-refractivity contribution in [2.75, 3.05) is 18.6 Å². The molecule has 0 saturated heterocycles. The number of hydrogen-bond acceptors (Lipinski definition) is 7. The average Bonchev–Trinajstić information content (AvgIpc) is 2.62. The van der Waals surface area contributed by atoms with E-state index in [0.29, 0.717) is 6.61 Å². The molecule has 2 N–H and O–H groups in total. The van der Waals surface area contributed by atoms with Crippen molar-refractivity contribution in [2.45, 2.75) is 13.5 Å². The third-order valence-corrected chi connectivity index (χ3v) is 4.33. The van der Waals surface area contributed by atoms with Crippen LogP contribution >= 0.6 is 11.3 Å². The molecule has 0 saturated carbocycles. The lowest BCUT2D eigenvalue weighted by atomic mass is 10.4. The molecule has 0 aliphatic rings. The molecule has 11 heteroatoms. The minimum atomic E-state index is -4.30. The van der Waals surface area contributed by atoms with Crippen molar-refractivity contribution >= 4 is 31.6 Å². The zero-order valence-corrected chi connectivity index (χ0v) is 12.8. The maximum Gasteiger partial charge on any atom is 0.265 e. The second kappa shape index (κ2) is 7.87. The Labute approximate surface area is 115 Å². The highest BCUT2D eigenvalue weighted by Crippen LogP contribution is 2.11. The standard InChI is InChI=1S/C6H9NOS.C2H6O6S2/c1-5-6(3-8-2)9-4-7-5;3-9(4,5)1-2-10(6,7)8/h4H,3H2,1-2H3;1-2H2,(H,3,4,5)(H,6,7,8). The van der Waals surface area contributed by atoms with Crippen LogP contribution in [0.25, 0.3) is 0 Å². The largest absolute Gasteiger partial charge is 0.379 e. The molecule has 0 fully saturated rings. The number of ether oxygens (including phenoxy) is 1. The first-order valence-electron chi connectivity index (χ1n) is 4.83. The SMILES string of the molecule is COCc1scnc1C.O=S(=O)(O)CCS(=O)(=O)O. The van der Waals surface area contributed by atoms with Crippen LogP contribution in [0.15, 0.2) is 5.51 Å². The average molecular weight is 333 g/mol. The Kier molecular flexibility index (Phi) is 7.62. The number of aryl methyl sites for hydroxylation is 1. The van der Waals surface area contributed by atoms with Gasteiger partial charge in [-0.25, -0.2) is 4.98 Å². The summed E-state index contributed by atoms with van der Waals surface area (Å²) >= 11 is 1.64. The van der Waals surface area contributed by atoms with Crippen molar-refractivity contribution in [1.29, 1.82) is 0 Å². The van der Waals surface area contributed by atoms with Crippen LogP contribution in [0.5, 0.6) is 0 Å². The van der Waals surface area contributed by atoms with Crippen LogP contribution in [-0.4, -0.2) is 49.5 Å². The van der Waals surface area contributed by atoms with Crippen LogP contribution in [0.4, 0.5) is 0 Å². The predicted octanol–water partition coefficient (Wildman–Crippen LogP) is 0.360. The van der Waals surface area contributed by atoms with E-state index in [-0.39, 0.29) is 0 Å². The summed E-state index contributed by atoms with van der Waals surface area (Å²) in [6.45, 7) is 2.68. The van der Waals surface area contributed by atoms with E-state index in [1.54, 1.807) is 18.4 Å². The first kappa shape index (κ1) is 18.4. The molecule has 1 rings (SSSR count). The maximum absolute atomic E-state index is 9.86. The Bertz CT molecular complexity index is 543. The molecule has 0 aliphatic carbocycles. The Balaban J connectivity index is 0.000000342. The highest BCUT2D eigenvalue weighted by Gasteiger charge is 2.11. The van der Waals surface area contributed by atoms with Gasteiger partial charge in [-0.1, -0.05) is 0 Å². The minimum absolute atomic E-state index is 0.691. The number of methoxy groups -OCH3 is 1. The smallest absolute Gasteiger partial charge is 0.265 e. The summed E-state index contributed by atoms with van der Waals surface area (Å²) < 4.78 is 60.3. The summed E-state index contributed by atoms with van der Waals surface area (Å²) in [6.07, 6.45) is 0. The van der Waals surface area contributed by atoms with Crippen LogP contribution in [0.1, 0.15) is 10.6 Å². The third-order valence-electron chi connectivity index (χ3n) is 1.72. The lowest BCUT2D eigenvalue weighted by molar-refractivity contribution is 0.187.